The van der Waals surface area contributed by atoms with Crippen molar-refractivity contribution in [1.82, 2.24) is 19.4 Å². The average molecular weight is 304 g/mol. The molecule has 0 aliphatic carbocycles. The Kier molecular flexibility index (Phi) is 5.80. The lowest BCUT2D eigenvalue weighted by Gasteiger charge is -2.30. The van der Waals surface area contributed by atoms with Gasteiger partial charge in [-0.25, -0.2) is 8.42 Å². The van der Waals surface area contributed by atoms with E-state index in [0.717, 1.165) is 45.6 Å². The first-order chi connectivity index (χ1) is 9.49. The molecule has 0 bridgehead atoms. The largest absolute Gasteiger partial charge is 0.314 e. The van der Waals surface area contributed by atoms with E-state index in [2.05, 4.69) is 15.1 Å². The second kappa shape index (κ2) is 7.17. The molecule has 1 atom stereocenters. The van der Waals surface area contributed by atoms with Crippen LogP contribution in [0.5, 0.6) is 0 Å². The van der Waals surface area contributed by atoms with E-state index in [1.165, 1.54) is 0 Å². The molecular formula is C13H28N4O2S. The van der Waals surface area contributed by atoms with E-state index < -0.39 is 10.0 Å². The molecule has 6 nitrogen and oxygen atoms in total. The van der Waals surface area contributed by atoms with Crippen LogP contribution < -0.4 is 5.32 Å². The number of rotatable bonds is 6. The van der Waals surface area contributed by atoms with Crippen LogP contribution in [-0.2, 0) is 10.0 Å². The number of likely N-dealkylation sites (N-methyl/N-ethyl adjacent to an activating group) is 1. The number of nitrogens with zero attached hydrogens (tertiary/aromatic N) is 3. The lowest BCUT2D eigenvalue weighted by molar-refractivity contribution is 0.250. The van der Waals surface area contributed by atoms with E-state index in [1.807, 2.05) is 14.1 Å². The smallest absolute Gasteiger partial charge is 0.215 e. The number of hydrogen-bond donors (Lipinski definition) is 1. The molecule has 7 heteroatoms. The minimum Gasteiger partial charge on any atom is -0.314 e. The van der Waals surface area contributed by atoms with Gasteiger partial charge in [-0.1, -0.05) is 0 Å². The van der Waals surface area contributed by atoms with Crippen LogP contribution in [0.1, 0.15) is 12.8 Å². The zero-order chi connectivity index (χ0) is 14.6. The van der Waals surface area contributed by atoms with Gasteiger partial charge in [0, 0.05) is 51.9 Å². The molecule has 2 aliphatic rings. The van der Waals surface area contributed by atoms with Crippen molar-refractivity contribution in [2.24, 2.45) is 0 Å². The molecule has 0 aromatic heterocycles. The van der Waals surface area contributed by atoms with E-state index in [0.29, 0.717) is 13.1 Å². The van der Waals surface area contributed by atoms with Gasteiger partial charge in [0.1, 0.15) is 0 Å². The van der Waals surface area contributed by atoms with Gasteiger partial charge in [-0.2, -0.15) is 4.31 Å². The molecule has 2 saturated heterocycles. The quantitative estimate of drug-likeness (QED) is 0.700. The molecule has 2 rings (SSSR count). The Morgan fingerprint density at radius 3 is 2.55 bits per heavy atom. The van der Waals surface area contributed by atoms with Crippen LogP contribution in [0.3, 0.4) is 0 Å². The predicted octanol–water partition coefficient (Wildman–Crippen LogP) is -0.753. The minimum atomic E-state index is -3.11. The molecule has 0 aromatic carbocycles. The lowest BCUT2D eigenvalue weighted by Crippen LogP contribution is -2.47. The van der Waals surface area contributed by atoms with Gasteiger partial charge >= 0.3 is 0 Å². The van der Waals surface area contributed by atoms with Gasteiger partial charge in [-0.3, -0.25) is 4.90 Å². The molecule has 2 heterocycles. The fourth-order valence-electron chi connectivity index (χ4n) is 3.08. The van der Waals surface area contributed by atoms with Crippen molar-refractivity contribution >= 4 is 10.0 Å². The highest BCUT2D eigenvalue weighted by Gasteiger charge is 2.34. The molecule has 2 aliphatic heterocycles. The minimum absolute atomic E-state index is 0.165. The van der Waals surface area contributed by atoms with Crippen molar-refractivity contribution < 1.29 is 8.42 Å². The summed E-state index contributed by atoms with van der Waals surface area (Å²) in [6, 6.07) is 0.165. The Bertz CT molecular complexity index is 393. The van der Waals surface area contributed by atoms with Gasteiger partial charge in [-0.15, -0.1) is 0 Å². The topological polar surface area (TPSA) is 55.9 Å². The van der Waals surface area contributed by atoms with E-state index in [4.69, 9.17) is 0 Å². The predicted molar refractivity (Wildman–Crippen MR) is 81.4 cm³/mol. The van der Waals surface area contributed by atoms with Crippen molar-refractivity contribution in [2.75, 3.05) is 65.7 Å². The number of nitrogens with one attached hydrogen (secondary N) is 1. The van der Waals surface area contributed by atoms with Crippen LogP contribution in [0.25, 0.3) is 0 Å². The Labute approximate surface area is 123 Å². The van der Waals surface area contributed by atoms with Crippen molar-refractivity contribution in [3.8, 4) is 0 Å². The van der Waals surface area contributed by atoms with Crippen LogP contribution in [0.4, 0.5) is 0 Å². The number of piperazine rings is 1. The average Bonchev–Trinajstić information content (AvgIpc) is 2.86. The third-order valence-corrected chi connectivity index (χ3v) is 6.03. The SMILES string of the molecule is CN(C)CC1CCCN1S(=O)(=O)CCN1CCNCC1. The van der Waals surface area contributed by atoms with Crippen LogP contribution in [-0.4, -0.2) is 94.2 Å². The summed E-state index contributed by atoms with van der Waals surface area (Å²) in [7, 11) is 0.898. The highest BCUT2D eigenvalue weighted by molar-refractivity contribution is 7.89. The van der Waals surface area contributed by atoms with Gasteiger partial charge in [0.05, 0.1) is 5.75 Å². The maximum Gasteiger partial charge on any atom is 0.215 e. The molecule has 2 fully saturated rings. The second-order valence-corrected chi connectivity index (χ2v) is 8.12. The van der Waals surface area contributed by atoms with Crippen molar-refractivity contribution in [3.63, 3.8) is 0 Å². The van der Waals surface area contributed by atoms with Crippen LogP contribution in [0, 0.1) is 0 Å². The van der Waals surface area contributed by atoms with E-state index in [9.17, 15) is 8.42 Å². The fraction of sp³-hybridized carbons (Fsp3) is 1.00. The van der Waals surface area contributed by atoms with Crippen molar-refractivity contribution in [2.45, 2.75) is 18.9 Å². The molecule has 0 aromatic rings. The molecule has 0 radical (unpaired) electrons. The molecular weight excluding hydrogens is 276 g/mol. The van der Waals surface area contributed by atoms with Gasteiger partial charge in [-0.05, 0) is 26.9 Å². The molecule has 0 spiro atoms. The zero-order valence-corrected chi connectivity index (χ0v) is 13.5. The van der Waals surface area contributed by atoms with E-state index >= 15 is 0 Å². The Morgan fingerprint density at radius 1 is 1.20 bits per heavy atom. The maximum atomic E-state index is 12.5. The second-order valence-electron chi connectivity index (χ2n) is 6.08. The molecule has 0 amide bonds. The third-order valence-electron chi connectivity index (χ3n) is 4.13. The maximum absolute atomic E-state index is 12.5. The van der Waals surface area contributed by atoms with Gasteiger partial charge in [0.15, 0.2) is 0 Å². The lowest BCUT2D eigenvalue weighted by atomic mass is 10.2. The summed E-state index contributed by atoms with van der Waals surface area (Å²) in [6.45, 7) is 6.03. The summed E-state index contributed by atoms with van der Waals surface area (Å²) in [5.41, 5.74) is 0. The fourth-order valence-corrected chi connectivity index (χ4v) is 4.83. The Balaban J connectivity index is 1.88. The van der Waals surface area contributed by atoms with E-state index in [1.54, 1.807) is 4.31 Å². The molecule has 0 saturated carbocycles. The normalized spacial score (nSPS) is 26.4. The summed E-state index contributed by atoms with van der Waals surface area (Å²) in [5, 5.41) is 3.29. The van der Waals surface area contributed by atoms with Gasteiger partial charge in [0.2, 0.25) is 10.0 Å². The molecule has 1 unspecified atom stereocenters. The highest BCUT2D eigenvalue weighted by Crippen LogP contribution is 2.21. The zero-order valence-electron chi connectivity index (χ0n) is 12.7. The molecule has 20 heavy (non-hydrogen) atoms. The summed E-state index contributed by atoms with van der Waals surface area (Å²) < 4.78 is 26.8. The number of sulfonamides is 1. The van der Waals surface area contributed by atoms with Crippen molar-refractivity contribution in [1.29, 1.82) is 0 Å². The standard InChI is InChI=1S/C13H28N4O2S/c1-15(2)12-13-4-3-7-17(13)20(18,19)11-10-16-8-5-14-6-9-16/h13-14H,3-12H2,1-2H3. The first kappa shape index (κ1) is 16.2. The van der Waals surface area contributed by atoms with E-state index in [-0.39, 0.29) is 11.8 Å². The molecule has 118 valence electrons. The Hall–Kier alpha value is -0.210. The summed E-state index contributed by atoms with van der Waals surface area (Å²) >= 11 is 0. The Morgan fingerprint density at radius 2 is 1.90 bits per heavy atom. The van der Waals surface area contributed by atoms with Crippen LogP contribution in [0.2, 0.25) is 0 Å². The highest BCUT2D eigenvalue weighted by atomic mass is 32.2. The first-order valence-electron chi connectivity index (χ1n) is 7.56. The van der Waals surface area contributed by atoms with Gasteiger partial charge in [0.25, 0.3) is 0 Å². The summed E-state index contributed by atoms with van der Waals surface area (Å²) in [5.74, 6) is 0.261. The van der Waals surface area contributed by atoms with Crippen LogP contribution in [0.15, 0.2) is 0 Å². The summed E-state index contributed by atoms with van der Waals surface area (Å²) in [4.78, 5) is 4.32. The third kappa shape index (κ3) is 4.39. The number of hydrogen-bond acceptors (Lipinski definition) is 5. The molecule has 1 N–H and O–H groups in total. The van der Waals surface area contributed by atoms with Crippen molar-refractivity contribution in [3.05, 3.63) is 0 Å². The van der Waals surface area contributed by atoms with Crippen LogP contribution >= 0.6 is 0 Å². The monoisotopic (exact) mass is 304 g/mol. The summed E-state index contributed by atoms with van der Waals surface area (Å²) in [6.07, 6.45) is 1.98. The first-order valence-corrected chi connectivity index (χ1v) is 9.17. The van der Waals surface area contributed by atoms with Gasteiger partial charge < -0.3 is 10.2 Å².